The van der Waals surface area contributed by atoms with Gasteiger partial charge in [-0.3, -0.25) is 0 Å². The highest BCUT2D eigenvalue weighted by Crippen LogP contribution is 2.49. The first-order chi connectivity index (χ1) is 8.12. The van der Waals surface area contributed by atoms with Crippen LogP contribution in [0.1, 0.15) is 30.9 Å². The Bertz CT molecular complexity index is 440. The van der Waals surface area contributed by atoms with Gasteiger partial charge in [-0.15, -0.1) is 0 Å². The van der Waals surface area contributed by atoms with Crippen molar-refractivity contribution in [2.45, 2.75) is 37.1 Å². The van der Waals surface area contributed by atoms with E-state index in [2.05, 4.69) is 0 Å². The molecule has 0 saturated heterocycles. The molecule has 1 aliphatic heterocycles. The van der Waals surface area contributed by atoms with Gasteiger partial charge in [-0.2, -0.15) is 0 Å². The average Bonchev–Trinajstić information content (AvgIpc) is 2.26. The molecule has 1 fully saturated rings. The van der Waals surface area contributed by atoms with Crippen molar-refractivity contribution in [3.8, 4) is 5.75 Å². The lowest BCUT2D eigenvalue weighted by atomic mass is 9.71. The molecule has 0 bridgehead atoms. The standard InChI is InChI=1S/C13H15FO3/c1-16-9-5-13(6-9)7-11(15)10-4-8(14)2-3-12(10)17-13/h2-4,9,11,15H,5-7H2,1H3/t9?,11-,13?/m1/s1. The molecule has 1 heterocycles. The summed E-state index contributed by atoms with van der Waals surface area (Å²) in [6.45, 7) is 0. The van der Waals surface area contributed by atoms with Crippen LogP contribution in [0.3, 0.4) is 0 Å². The molecule has 4 heteroatoms. The number of halogens is 1. The molecule has 1 saturated carbocycles. The zero-order valence-corrected chi connectivity index (χ0v) is 9.65. The van der Waals surface area contributed by atoms with Crippen LogP contribution in [-0.2, 0) is 4.74 Å². The molecule has 0 amide bonds. The van der Waals surface area contributed by atoms with E-state index < -0.39 is 6.10 Å². The molecule has 92 valence electrons. The van der Waals surface area contributed by atoms with E-state index in [1.807, 2.05) is 0 Å². The Morgan fingerprint density at radius 1 is 1.41 bits per heavy atom. The molecular formula is C13H15FO3. The van der Waals surface area contributed by atoms with Gasteiger partial charge in [0, 0.05) is 31.9 Å². The molecule has 2 aliphatic rings. The molecule has 1 N–H and O–H groups in total. The number of aliphatic hydroxyl groups is 1. The summed E-state index contributed by atoms with van der Waals surface area (Å²) in [5.41, 5.74) is 0.238. The van der Waals surface area contributed by atoms with Crippen LogP contribution in [0.4, 0.5) is 4.39 Å². The fourth-order valence-electron chi connectivity index (χ4n) is 2.80. The lowest BCUT2D eigenvalue weighted by Gasteiger charge is -2.50. The molecule has 1 spiro atoms. The summed E-state index contributed by atoms with van der Waals surface area (Å²) in [5, 5.41) is 10.1. The van der Waals surface area contributed by atoms with Crippen molar-refractivity contribution in [3.63, 3.8) is 0 Å². The van der Waals surface area contributed by atoms with Crippen LogP contribution in [0.15, 0.2) is 18.2 Å². The topological polar surface area (TPSA) is 38.7 Å². The van der Waals surface area contributed by atoms with E-state index in [1.165, 1.54) is 12.1 Å². The summed E-state index contributed by atoms with van der Waals surface area (Å²) in [6, 6.07) is 4.30. The molecule has 1 aliphatic carbocycles. The molecule has 3 rings (SSSR count). The first-order valence-corrected chi connectivity index (χ1v) is 5.81. The predicted molar refractivity (Wildman–Crippen MR) is 59.4 cm³/mol. The molecule has 1 atom stereocenters. The lowest BCUT2D eigenvalue weighted by Crippen LogP contribution is -2.54. The van der Waals surface area contributed by atoms with E-state index in [0.29, 0.717) is 17.7 Å². The molecule has 3 nitrogen and oxygen atoms in total. The molecule has 0 radical (unpaired) electrons. The van der Waals surface area contributed by atoms with Gasteiger partial charge in [-0.05, 0) is 18.2 Å². The van der Waals surface area contributed by atoms with Crippen molar-refractivity contribution in [1.29, 1.82) is 0 Å². The van der Waals surface area contributed by atoms with E-state index in [-0.39, 0.29) is 17.5 Å². The lowest BCUT2D eigenvalue weighted by molar-refractivity contribution is -0.139. The first kappa shape index (κ1) is 11.0. The van der Waals surface area contributed by atoms with Crippen LogP contribution < -0.4 is 4.74 Å². The summed E-state index contributed by atoms with van der Waals surface area (Å²) in [4.78, 5) is 0. The average molecular weight is 238 g/mol. The van der Waals surface area contributed by atoms with Crippen molar-refractivity contribution in [2.75, 3.05) is 7.11 Å². The van der Waals surface area contributed by atoms with Crippen LogP contribution in [0.2, 0.25) is 0 Å². The highest BCUT2D eigenvalue weighted by molar-refractivity contribution is 5.39. The Balaban J connectivity index is 1.87. The number of rotatable bonds is 1. The minimum atomic E-state index is -0.646. The van der Waals surface area contributed by atoms with Crippen LogP contribution >= 0.6 is 0 Å². The monoisotopic (exact) mass is 238 g/mol. The highest BCUT2D eigenvalue weighted by atomic mass is 19.1. The number of fused-ring (bicyclic) bond motifs is 1. The van der Waals surface area contributed by atoms with E-state index in [4.69, 9.17) is 9.47 Å². The van der Waals surface area contributed by atoms with Gasteiger partial charge in [0.2, 0.25) is 0 Å². The number of hydrogen-bond acceptors (Lipinski definition) is 3. The van der Waals surface area contributed by atoms with Crippen molar-refractivity contribution < 1.29 is 19.0 Å². The third kappa shape index (κ3) is 1.72. The third-order valence-corrected chi connectivity index (χ3v) is 3.76. The summed E-state index contributed by atoms with van der Waals surface area (Å²) in [6.07, 6.45) is 1.66. The van der Waals surface area contributed by atoms with E-state index in [0.717, 1.165) is 12.8 Å². The highest BCUT2D eigenvalue weighted by Gasteiger charge is 2.50. The number of methoxy groups -OCH3 is 1. The Hall–Kier alpha value is -1.13. The van der Waals surface area contributed by atoms with Crippen LogP contribution in [0.5, 0.6) is 5.75 Å². The van der Waals surface area contributed by atoms with Gasteiger partial charge < -0.3 is 14.6 Å². The Kier molecular flexibility index (Phi) is 2.38. The Morgan fingerprint density at radius 2 is 2.18 bits per heavy atom. The van der Waals surface area contributed by atoms with Gasteiger partial charge in [0.25, 0.3) is 0 Å². The molecular weight excluding hydrogens is 223 g/mol. The number of ether oxygens (including phenoxy) is 2. The summed E-state index contributed by atoms with van der Waals surface area (Å²) < 4.78 is 24.2. The number of hydrogen-bond donors (Lipinski definition) is 1. The maximum Gasteiger partial charge on any atom is 0.126 e. The smallest absolute Gasteiger partial charge is 0.126 e. The van der Waals surface area contributed by atoms with Crippen LogP contribution in [0, 0.1) is 5.82 Å². The predicted octanol–water partition coefficient (Wildman–Crippen LogP) is 2.19. The number of aliphatic hydroxyl groups excluding tert-OH is 1. The Morgan fingerprint density at radius 3 is 2.88 bits per heavy atom. The van der Waals surface area contributed by atoms with E-state index >= 15 is 0 Å². The summed E-state index contributed by atoms with van der Waals surface area (Å²) in [7, 11) is 1.68. The fourth-order valence-corrected chi connectivity index (χ4v) is 2.80. The van der Waals surface area contributed by atoms with Gasteiger partial charge in [0.05, 0.1) is 12.2 Å². The molecule has 17 heavy (non-hydrogen) atoms. The minimum Gasteiger partial charge on any atom is -0.487 e. The van der Waals surface area contributed by atoms with Crippen molar-refractivity contribution in [3.05, 3.63) is 29.6 Å². The van der Waals surface area contributed by atoms with Crippen molar-refractivity contribution in [1.82, 2.24) is 0 Å². The van der Waals surface area contributed by atoms with Gasteiger partial charge in [-0.1, -0.05) is 0 Å². The second-order valence-corrected chi connectivity index (χ2v) is 4.95. The second-order valence-electron chi connectivity index (χ2n) is 4.95. The zero-order chi connectivity index (χ0) is 12.0. The van der Waals surface area contributed by atoms with Gasteiger partial charge >= 0.3 is 0 Å². The maximum atomic E-state index is 13.1. The fraction of sp³-hybridized carbons (Fsp3) is 0.538. The molecule has 0 aromatic heterocycles. The van der Waals surface area contributed by atoms with Gasteiger partial charge in [0.1, 0.15) is 17.2 Å². The summed E-state index contributed by atoms with van der Waals surface area (Å²) >= 11 is 0. The quantitative estimate of drug-likeness (QED) is 0.815. The number of benzene rings is 1. The van der Waals surface area contributed by atoms with Crippen molar-refractivity contribution >= 4 is 0 Å². The van der Waals surface area contributed by atoms with E-state index in [1.54, 1.807) is 13.2 Å². The second kappa shape index (κ2) is 3.68. The largest absolute Gasteiger partial charge is 0.487 e. The normalized spacial score (nSPS) is 35.0. The molecule has 0 unspecified atom stereocenters. The van der Waals surface area contributed by atoms with Crippen LogP contribution in [0.25, 0.3) is 0 Å². The molecule has 1 aromatic rings. The Labute approximate surface area is 99.2 Å². The van der Waals surface area contributed by atoms with Gasteiger partial charge in [-0.25, -0.2) is 4.39 Å². The first-order valence-electron chi connectivity index (χ1n) is 5.81. The van der Waals surface area contributed by atoms with Crippen LogP contribution in [-0.4, -0.2) is 23.9 Å². The van der Waals surface area contributed by atoms with E-state index in [9.17, 15) is 9.50 Å². The minimum absolute atomic E-state index is 0.212. The molecule has 1 aromatic carbocycles. The summed E-state index contributed by atoms with van der Waals surface area (Å²) in [5.74, 6) is 0.255. The maximum absolute atomic E-state index is 13.1. The SMILES string of the molecule is COC1CC2(C1)C[C@@H](O)c1cc(F)ccc1O2. The van der Waals surface area contributed by atoms with Gasteiger partial charge in [0.15, 0.2) is 0 Å². The third-order valence-electron chi connectivity index (χ3n) is 3.76. The zero-order valence-electron chi connectivity index (χ0n) is 9.65. The van der Waals surface area contributed by atoms with Crippen molar-refractivity contribution in [2.24, 2.45) is 0 Å².